The van der Waals surface area contributed by atoms with Crippen LogP contribution in [0.4, 0.5) is 0 Å². The Hall–Kier alpha value is -1.01. The first-order valence-electron chi connectivity index (χ1n) is 7.28. The molecule has 5 heteroatoms. The fourth-order valence-electron chi connectivity index (χ4n) is 2.40. The van der Waals surface area contributed by atoms with Crippen LogP contribution in [0, 0.1) is 5.41 Å². The van der Waals surface area contributed by atoms with E-state index in [1.807, 2.05) is 11.3 Å². The lowest BCUT2D eigenvalue weighted by Crippen LogP contribution is -2.31. The van der Waals surface area contributed by atoms with Crippen molar-refractivity contribution in [1.29, 1.82) is 0 Å². The predicted molar refractivity (Wildman–Crippen MR) is 98.8 cm³/mol. The molecule has 0 spiro atoms. The molecule has 0 saturated heterocycles. The summed E-state index contributed by atoms with van der Waals surface area (Å²) in [6.07, 6.45) is 0. The lowest BCUT2D eigenvalue weighted by Gasteiger charge is -2.30. The van der Waals surface area contributed by atoms with Crippen LogP contribution < -0.4 is 5.32 Å². The average Bonchev–Trinajstić information content (AvgIpc) is 3.20. The van der Waals surface area contributed by atoms with E-state index in [0.29, 0.717) is 6.04 Å². The normalized spacial score (nSPS) is 13.4. The minimum absolute atomic E-state index is 0.178. The maximum Gasteiger partial charge on any atom is 0.124 e. The summed E-state index contributed by atoms with van der Waals surface area (Å²) in [5.74, 6) is 0. The van der Waals surface area contributed by atoms with Crippen LogP contribution in [-0.2, 0) is 6.54 Å². The minimum atomic E-state index is 0.178. The monoisotopic (exact) mass is 348 g/mol. The highest BCUT2D eigenvalue weighted by Gasteiger charge is 2.26. The molecule has 3 aromatic heterocycles. The molecule has 0 bridgehead atoms. The van der Waals surface area contributed by atoms with Crippen molar-refractivity contribution in [1.82, 2.24) is 10.3 Å². The van der Waals surface area contributed by atoms with Crippen LogP contribution in [-0.4, -0.2) is 4.98 Å². The van der Waals surface area contributed by atoms with Crippen LogP contribution in [0.25, 0.3) is 10.6 Å². The summed E-state index contributed by atoms with van der Waals surface area (Å²) in [6.45, 7) is 7.65. The lowest BCUT2D eigenvalue weighted by molar-refractivity contribution is 0.274. The van der Waals surface area contributed by atoms with Gasteiger partial charge in [-0.1, -0.05) is 26.8 Å². The Morgan fingerprint density at radius 3 is 2.64 bits per heavy atom. The van der Waals surface area contributed by atoms with Gasteiger partial charge in [-0.3, -0.25) is 0 Å². The summed E-state index contributed by atoms with van der Waals surface area (Å²) in [5.41, 5.74) is 2.53. The third kappa shape index (κ3) is 3.66. The van der Waals surface area contributed by atoms with E-state index in [1.165, 1.54) is 10.4 Å². The van der Waals surface area contributed by atoms with Gasteiger partial charge in [0.2, 0.25) is 0 Å². The van der Waals surface area contributed by atoms with Crippen molar-refractivity contribution in [2.24, 2.45) is 5.41 Å². The minimum Gasteiger partial charge on any atom is -0.303 e. The Morgan fingerprint density at radius 2 is 2.00 bits per heavy atom. The van der Waals surface area contributed by atoms with Crippen molar-refractivity contribution in [3.63, 3.8) is 0 Å². The number of rotatable bonds is 5. The number of hydrogen-bond donors (Lipinski definition) is 1. The molecule has 116 valence electrons. The topological polar surface area (TPSA) is 24.9 Å². The predicted octanol–water partition coefficient (Wildman–Crippen LogP) is 5.81. The van der Waals surface area contributed by atoms with Gasteiger partial charge >= 0.3 is 0 Å². The highest BCUT2D eigenvalue weighted by atomic mass is 32.1. The van der Waals surface area contributed by atoms with Crippen molar-refractivity contribution in [2.75, 3.05) is 0 Å². The molecule has 0 aliphatic rings. The number of aromatic nitrogens is 1. The zero-order chi connectivity index (χ0) is 15.6. The molecule has 3 aromatic rings. The highest BCUT2D eigenvalue weighted by molar-refractivity contribution is 7.14. The molecule has 22 heavy (non-hydrogen) atoms. The number of thiophene rings is 2. The zero-order valence-corrected chi connectivity index (χ0v) is 15.4. The van der Waals surface area contributed by atoms with Gasteiger partial charge in [0.15, 0.2) is 0 Å². The van der Waals surface area contributed by atoms with E-state index >= 15 is 0 Å². The largest absolute Gasteiger partial charge is 0.303 e. The average molecular weight is 349 g/mol. The van der Waals surface area contributed by atoms with E-state index in [2.05, 4.69) is 65.8 Å². The molecule has 0 fully saturated rings. The van der Waals surface area contributed by atoms with Gasteiger partial charge in [0.05, 0.1) is 5.69 Å². The van der Waals surface area contributed by atoms with E-state index in [-0.39, 0.29) is 5.41 Å². The standard InChI is InChI=1S/C17H20N2S3/c1-17(2,3)15(14-5-4-7-21-14)18-9-13-11-22-16(19-13)12-6-8-20-10-12/h4-8,10-11,15,18H,9H2,1-3H3/t15-/m0/s1. The molecule has 1 atom stereocenters. The summed E-state index contributed by atoms with van der Waals surface area (Å²) < 4.78 is 0. The van der Waals surface area contributed by atoms with Gasteiger partial charge in [0.25, 0.3) is 0 Å². The Morgan fingerprint density at radius 1 is 1.14 bits per heavy atom. The number of thiazole rings is 1. The van der Waals surface area contributed by atoms with Gasteiger partial charge in [-0.15, -0.1) is 22.7 Å². The smallest absolute Gasteiger partial charge is 0.124 e. The maximum absolute atomic E-state index is 4.75. The third-order valence-electron chi connectivity index (χ3n) is 3.50. The molecule has 0 amide bonds. The SMILES string of the molecule is CC(C)(C)[C@@H](NCc1csc(-c2ccsc2)n1)c1cccs1. The second-order valence-electron chi connectivity index (χ2n) is 6.35. The summed E-state index contributed by atoms with van der Waals surface area (Å²) in [7, 11) is 0. The highest BCUT2D eigenvalue weighted by Crippen LogP contribution is 2.35. The summed E-state index contributed by atoms with van der Waals surface area (Å²) >= 11 is 5.26. The number of nitrogens with zero attached hydrogens (tertiary/aromatic N) is 1. The Labute approximate surface area is 143 Å². The second-order valence-corrected chi connectivity index (χ2v) is 8.97. The van der Waals surface area contributed by atoms with E-state index in [0.717, 1.165) is 17.2 Å². The van der Waals surface area contributed by atoms with E-state index < -0.39 is 0 Å². The van der Waals surface area contributed by atoms with E-state index in [1.54, 1.807) is 22.7 Å². The first kappa shape index (κ1) is 15.9. The van der Waals surface area contributed by atoms with Gasteiger partial charge in [-0.05, 0) is 28.3 Å². The van der Waals surface area contributed by atoms with Crippen molar-refractivity contribution >= 4 is 34.0 Å². The summed E-state index contributed by atoms with van der Waals surface area (Å²) in [4.78, 5) is 6.14. The number of hydrogen-bond acceptors (Lipinski definition) is 5. The molecule has 0 saturated carbocycles. The van der Waals surface area contributed by atoms with Crippen LogP contribution in [0.1, 0.15) is 37.4 Å². The van der Waals surface area contributed by atoms with Gasteiger partial charge in [-0.25, -0.2) is 4.98 Å². The quantitative estimate of drug-likeness (QED) is 0.629. The van der Waals surface area contributed by atoms with Crippen molar-refractivity contribution < 1.29 is 0 Å². The summed E-state index contributed by atoms with van der Waals surface area (Å²) in [6, 6.07) is 6.81. The molecule has 3 rings (SSSR count). The molecule has 0 aliphatic heterocycles. The first-order valence-corrected chi connectivity index (χ1v) is 9.98. The van der Waals surface area contributed by atoms with Crippen LogP contribution in [0.15, 0.2) is 39.7 Å². The molecular formula is C17H20N2S3. The van der Waals surface area contributed by atoms with E-state index in [4.69, 9.17) is 4.98 Å². The van der Waals surface area contributed by atoms with Crippen LogP contribution in [0.5, 0.6) is 0 Å². The van der Waals surface area contributed by atoms with Crippen LogP contribution in [0.2, 0.25) is 0 Å². The fourth-order valence-corrected chi connectivity index (χ4v) is 4.98. The van der Waals surface area contributed by atoms with Gasteiger partial charge < -0.3 is 5.32 Å². The molecule has 3 heterocycles. The molecular weight excluding hydrogens is 328 g/mol. The molecule has 0 aromatic carbocycles. The molecule has 0 unspecified atom stereocenters. The Kier molecular flexibility index (Phi) is 4.78. The molecule has 1 N–H and O–H groups in total. The van der Waals surface area contributed by atoms with Crippen molar-refractivity contribution in [3.05, 3.63) is 50.3 Å². The molecule has 2 nitrogen and oxygen atoms in total. The van der Waals surface area contributed by atoms with Crippen LogP contribution in [0.3, 0.4) is 0 Å². The van der Waals surface area contributed by atoms with Gasteiger partial charge in [0, 0.05) is 33.8 Å². The van der Waals surface area contributed by atoms with Gasteiger partial charge in [-0.2, -0.15) is 11.3 Å². The molecule has 0 aliphatic carbocycles. The second kappa shape index (κ2) is 6.62. The van der Waals surface area contributed by atoms with Gasteiger partial charge in [0.1, 0.15) is 5.01 Å². The van der Waals surface area contributed by atoms with Crippen molar-refractivity contribution in [2.45, 2.75) is 33.4 Å². The first-order chi connectivity index (χ1) is 10.5. The Balaban J connectivity index is 1.70. The molecule has 0 radical (unpaired) electrons. The third-order valence-corrected chi connectivity index (χ3v) is 6.06. The Bertz CT molecular complexity index is 691. The van der Waals surface area contributed by atoms with Crippen molar-refractivity contribution in [3.8, 4) is 10.6 Å². The van der Waals surface area contributed by atoms with E-state index in [9.17, 15) is 0 Å². The van der Waals surface area contributed by atoms with Crippen LogP contribution >= 0.6 is 34.0 Å². The number of nitrogens with one attached hydrogen (secondary N) is 1. The zero-order valence-electron chi connectivity index (χ0n) is 13.0. The maximum atomic E-state index is 4.75. The lowest BCUT2D eigenvalue weighted by atomic mass is 9.86. The fraction of sp³-hybridized carbons (Fsp3) is 0.353. The summed E-state index contributed by atoms with van der Waals surface area (Å²) in [5, 5.41) is 13.4.